The van der Waals surface area contributed by atoms with Gasteiger partial charge in [0.25, 0.3) is 5.91 Å². The molecule has 9 nitrogen and oxygen atoms in total. The van der Waals surface area contributed by atoms with Crippen molar-refractivity contribution in [2.75, 3.05) is 33.0 Å². The Bertz CT molecular complexity index is 816. The molecule has 1 aromatic heterocycles. The van der Waals surface area contributed by atoms with Crippen molar-refractivity contribution in [1.29, 1.82) is 0 Å². The minimum Gasteiger partial charge on any atom is -0.481 e. The number of hydrogen-bond donors (Lipinski definition) is 0. The first kappa shape index (κ1) is 17.6. The van der Waals surface area contributed by atoms with Gasteiger partial charge < -0.3 is 23.6 Å². The Hall–Kier alpha value is -2.81. The fourth-order valence-corrected chi connectivity index (χ4v) is 3.19. The molecular weight excluding hydrogens is 352 g/mol. The van der Waals surface area contributed by atoms with Crippen LogP contribution in [0.3, 0.4) is 0 Å². The first-order valence-electron chi connectivity index (χ1n) is 8.95. The summed E-state index contributed by atoms with van der Waals surface area (Å²) in [6.07, 6.45) is -0.572. The Morgan fingerprint density at radius 2 is 2.00 bits per heavy atom. The molecule has 1 atom stereocenters. The number of aromatic nitrogens is 2. The summed E-state index contributed by atoms with van der Waals surface area (Å²) in [7, 11) is 0. The predicted molar refractivity (Wildman–Crippen MR) is 93.5 cm³/mol. The average molecular weight is 374 g/mol. The monoisotopic (exact) mass is 374 g/mol. The second-order valence-electron chi connectivity index (χ2n) is 6.61. The Balaban J connectivity index is 1.28. The highest BCUT2D eigenvalue weighted by molar-refractivity contribution is 5.81. The van der Waals surface area contributed by atoms with Crippen molar-refractivity contribution in [3.05, 3.63) is 29.9 Å². The molecule has 27 heavy (non-hydrogen) atoms. The zero-order valence-electron chi connectivity index (χ0n) is 15.4. The van der Waals surface area contributed by atoms with Crippen LogP contribution in [-0.2, 0) is 11.3 Å². The molecule has 2 aliphatic rings. The molecule has 3 heterocycles. The summed E-state index contributed by atoms with van der Waals surface area (Å²) in [5.74, 6) is 3.13. The second-order valence-corrected chi connectivity index (χ2v) is 6.61. The highest BCUT2D eigenvalue weighted by Crippen LogP contribution is 2.35. The maximum absolute atomic E-state index is 12.7. The molecule has 0 bridgehead atoms. The number of ether oxygens (including phenoxy) is 3. The second kappa shape index (κ2) is 7.43. The molecule has 1 saturated heterocycles. The molecule has 2 aromatic rings. The summed E-state index contributed by atoms with van der Waals surface area (Å²) in [6, 6.07) is 5.31. The van der Waals surface area contributed by atoms with Gasteiger partial charge in [0, 0.05) is 39.2 Å². The Morgan fingerprint density at radius 1 is 1.22 bits per heavy atom. The third-order valence-electron chi connectivity index (χ3n) is 4.62. The third-order valence-corrected chi connectivity index (χ3v) is 4.62. The molecule has 0 unspecified atom stereocenters. The van der Waals surface area contributed by atoms with E-state index in [1.54, 1.807) is 32.0 Å². The van der Waals surface area contributed by atoms with Crippen LogP contribution in [0.25, 0.3) is 0 Å². The predicted octanol–water partition coefficient (Wildman–Crippen LogP) is 1.22. The molecule has 4 rings (SSSR count). The first-order chi connectivity index (χ1) is 13.1. The highest BCUT2D eigenvalue weighted by Gasteiger charge is 2.27. The molecule has 1 aromatic carbocycles. The van der Waals surface area contributed by atoms with Crippen molar-refractivity contribution in [2.24, 2.45) is 0 Å². The molecule has 1 amide bonds. The molecule has 9 heteroatoms. The van der Waals surface area contributed by atoms with Gasteiger partial charge in [-0.05, 0) is 19.1 Å². The van der Waals surface area contributed by atoms with Crippen LogP contribution in [-0.4, -0.2) is 64.9 Å². The van der Waals surface area contributed by atoms with Crippen LogP contribution in [0.2, 0.25) is 0 Å². The molecule has 0 N–H and O–H groups in total. The molecule has 1 fully saturated rings. The number of piperazine rings is 1. The highest BCUT2D eigenvalue weighted by atomic mass is 16.7. The van der Waals surface area contributed by atoms with Crippen LogP contribution in [0.1, 0.15) is 18.6 Å². The minimum absolute atomic E-state index is 0.0253. The molecule has 0 radical (unpaired) electrons. The van der Waals surface area contributed by atoms with Crippen LogP contribution in [0.4, 0.5) is 0 Å². The van der Waals surface area contributed by atoms with Crippen molar-refractivity contribution in [2.45, 2.75) is 26.5 Å². The van der Waals surface area contributed by atoms with E-state index in [1.165, 1.54) is 0 Å². The van der Waals surface area contributed by atoms with Crippen LogP contribution in [0.15, 0.2) is 22.7 Å². The van der Waals surface area contributed by atoms with Crippen molar-refractivity contribution in [3.63, 3.8) is 0 Å². The van der Waals surface area contributed by atoms with Crippen LogP contribution in [0.5, 0.6) is 17.2 Å². The average Bonchev–Trinajstić information content (AvgIpc) is 3.30. The van der Waals surface area contributed by atoms with Crippen LogP contribution >= 0.6 is 0 Å². The Morgan fingerprint density at radius 3 is 2.74 bits per heavy atom. The van der Waals surface area contributed by atoms with Crippen molar-refractivity contribution in [3.8, 4) is 17.2 Å². The summed E-state index contributed by atoms with van der Waals surface area (Å²) in [5, 5.41) is 3.92. The van der Waals surface area contributed by atoms with E-state index in [2.05, 4.69) is 15.0 Å². The van der Waals surface area contributed by atoms with E-state index >= 15 is 0 Å². The number of benzene rings is 1. The summed E-state index contributed by atoms with van der Waals surface area (Å²) in [6.45, 7) is 7.18. The molecule has 144 valence electrons. The quantitative estimate of drug-likeness (QED) is 0.772. The van der Waals surface area contributed by atoms with Crippen molar-refractivity contribution in [1.82, 2.24) is 19.9 Å². The normalized spacial score (nSPS) is 17.8. The number of nitrogens with zero attached hydrogens (tertiary/aromatic N) is 4. The van der Waals surface area contributed by atoms with Gasteiger partial charge >= 0.3 is 0 Å². The molecule has 0 saturated carbocycles. The maximum atomic E-state index is 12.7. The number of amides is 1. The van der Waals surface area contributed by atoms with E-state index in [4.69, 9.17) is 18.7 Å². The number of hydrogen-bond acceptors (Lipinski definition) is 8. The van der Waals surface area contributed by atoms with Gasteiger partial charge in [-0.2, -0.15) is 4.98 Å². The standard InChI is InChI=1S/C18H22N4O5/c1-12(26-14-3-4-15-16(9-14)25-11-24-15)18(23)22-7-5-21(6-8-22)10-17-19-13(2)27-20-17/h3-4,9,12H,5-8,10-11H2,1-2H3/t12-/m0/s1. The smallest absolute Gasteiger partial charge is 0.263 e. The lowest BCUT2D eigenvalue weighted by atomic mass is 10.2. The number of aryl methyl sites for hydroxylation is 1. The summed E-state index contributed by atoms with van der Waals surface area (Å²) >= 11 is 0. The lowest BCUT2D eigenvalue weighted by Gasteiger charge is -2.35. The molecule has 2 aliphatic heterocycles. The van der Waals surface area contributed by atoms with Gasteiger partial charge in [0.1, 0.15) is 5.75 Å². The zero-order valence-corrected chi connectivity index (χ0v) is 15.4. The van der Waals surface area contributed by atoms with E-state index in [-0.39, 0.29) is 12.7 Å². The topological polar surface area (TPSA) is 90.2 Å². The third kappa shape index (κ3) is 3.97. The lowest BCUT2D eigenvalue weighted by Crippen LogP contribution is -2.51. The van der Waals surface area contributed by atoms with E-state index in [9.17, 15) is 4.79 Å². The van der Waals surface area contributed by atoms with Gasteiger partial charge in [-0.15, -0.1) is 0 Å². The summed E-state index contributed by atoms with van der Waals surface area (Å²) < 4.78 is 21.4. The number of rotatable bonds is 5. The maximum Gasteiger partial charge on any atom is 0.263 e. The molecule has 0 aliphatic carbocycles. The van der Waals surface area contributed by atoms with Gasteiger partial charge in [-0.1, -0.05) is 5.16 Å². The van der Waals surface area contributed by atoms with Gasteiger partial charge in [0.05, 0.1) is 6.54 Å². The van der Waals surface area contributed by atoms with Gasteiger partial charge in [0.15, 0.2) is 23.4 Å². The summed E-state index contributed by atoms with van der Waals surface area (Å²) in [4.78, 5) is 20.9. The van der Waals surface area contributed by atoms with Crippen molar-refractivity contribution >= 4 is 5.91 Å². The van der Waals surface area contributed by atoms with Crippen LogP contribution < -0.4 is 14.2 Å². The van der Waals surface area contributed by atoms with Gasteiger partial charge in [-0.25, -0.2) is 0 Å². The van der Waals surface area contributed by atoms with Gasteiger partial charge in [0.2, 0.25) is 12.7 Å². The van der Waals surface area contributed by atoms with Crippen LogP contribution in [0, 0.1) is 6.92 Å². The first-order valence-corrected chi connectivity index (χ1v) is 8.95. The number of fused-ring (bicyclic) bond motifs is 1. The lowest BCUT2D eigenvalue weighted by molar-refractivity contribution is -0.139. The van der Waals surface area contributed by atoms with Gasteiger partial charge in [-0.3, -0.25) is 9.69 Å². The summed E-state index contributed by atoms with van der Waals surface area (Å²) in [5.41, 5.74) is 0. The Labute approximate surface area is 156 Å². The Kier molecular flexibility index (Phi) is 4.85. The largest absolute Gasteiger partial charge is 0.481 e. The fraction of sp³-hybridized carbons (Fsp3) is 0.500. The molecular formula is C18H22N4O5. The number of carbonyl (C=O) groups excluding carboxylic acids is 1. The number of carbonyl (C=O) groups is 1. The zero-order chi connectivity index (χ0) is 18.8. The van der Waals surface area contributed by atoms with E-state index < -0.39 is 6.10 Å². The molecule has 0 spiro atoms. The fourth-order valence-electron chi connectivity index (χ4n) is 3.19. The minimum atomic E-state index is -0.572. The van der Waals surface area contributed by atoms with E-state index in [0.29, 0.717) is 48.6 Å². The van der Waals surface area contributed by atoms with Crippen molar-refractivity contribution < 1.29 is 23.5 Å². The van der Waals surface area contributed by atoms with E-state index in [1.807, 2.05) is 4.90 Å². The SMILES string of the molecule is Cc1nc(CN2CCN(C(=O)[C@H](C)Oc3ccc4c(c3)OCO4)CC2)no1. The van der Waals surface area contributed by atoms with E-state index in [0.717, 1.165) is 13.1 Å².